The molecule has 0 saturated heterocycles. The van der Waals surface area contributed by atoms with Crippen molar-refractivity contribution in [1.29, 1.82) is 0 Å². The van der Waals surface area contributed by atoms with Gasteiger partial charge in [0.05, 0.1) is 39.6 Å². The van der Waals surface area contributed by atoms with Crippen LogP contribution in [0.1, 0.15) is 0 Å². The van der Waals surface area contributed by atoms with Gasteiger partial charge in [0.1, 0.15) is 0 Å². The van der Waals surface area contributed by atoms with Gasteiger partial charge in [0.25, 0.3) is 0 Å². The van der Waals surface area contributed by atoms with Crippen molar-refractivity contribution in [1.82, 2.24) is 0 Å². The van der Waals surface area contributed by atoms with E-state index in [0.717, 1.165) is 15.9 Å². The van der Waals surface area contributed by atoms with Crippen LogP contribution >= 0.6 is 0 Å². The number of benzene rings is 2. The van der Waals surface area contributed by atoms with Crippen LogP contribution in [0.15, 0.2) is 71.0 Å². The van der Waals surface area contributed by atoms with Crippen LogP contribution in [0.4, 0.5) is 11.4 Å². The van der Waals surface area contributed by atoms with Crippen molar-refractivity contribution in [2.75, 3.05) is 33.6 Å². The summed E-state index contributed by atoms with van der Waals surface area (Å²) in [5.41, 5.74) is 4.61. The zero-order chi connectivity index (χ0) is 22.8. The average molecular weight is 435 g/mol. The molecule has 9 heteroatoms. The predicted molar refractivity (Wildman–Crippen MR) is 101 cm³/mol. The number of quaternary nitrogens is 1. The summed E-state index contributed by atoms with van der Waals surface area (Å²) in [4.78, 5) is 0. The Labute approximate surface area is 183 Å². The molecule has 0 aliphatic rings. The van der Waals surface area contributed by atoms with Crippen LogP contribution < -0.4 is 5.43 Å². The zero-order valence-corrected chi connectivity index (χ0v) is 17.9. The second-order valence-electron chi connectivity index (χ2n) is 5.70. The predicted octanol–water partition coefficient (Wildman–Crippen LogP) is 3.97. The van der Waals surface area contributed by atoms with Gasteiger partial charge in [-0.3, -0.25) is 5.43 Å². The molecule has 2 rings (SSSR count). The molecule has 2 aromatic rings. The minimum absolute atomic E-state index is 0. The van der Waals surface area contributed by atoms with Crippen molar-refractivity contribution in [3.05, 3.63) is 87.3 Å². The maximum absolute atomic E-state index is 7.50. The maximum Gasteiger partial charge on any atom is 5.00 e. The summed E-state index contributed by atoms with van der Waals surface area (Å²) in [6, 6.07) is 19.3. The molecule has 1 N–H and O–H groups in total. The molecule has 0 bridgehead atoms. The van der Waals surface area contributed by atoms with E-state index in [4.69, 9.17) is 18.6 Å². The van der Waals surface area contributed by atoms with Gasteiger partial charge in [0, 0.05) is 0 Å². The van der Waals surface area contributed by atoms with Crippen molar-refractivity contribution in [2.24, 2.45) is 10.3 Å². The largest absolute Gasteiger partial charge is 5.00 e. The van der Waals surface area contributed by atoms with E-state index in [1.54, 1.807) is 0 Å². The first-order valence-corrected chi connectivity index (χ1v) is 7.32. The minimum Gasteiger partial charge on any atom is -0.260 e. The minimum atomic E-state index is 0. The van der Waals surface area contributed by atoms with Crippen molar-refractivity contribution in [2.45, 2.75) is 0 Å². The van der Waals surface area contributed by atoms with Crippen LogP contribution in [0.25, 0.3) is 0 Å². The smallest absolute Gasteiger partial charge is 0.260 e. The van der Waals surface area contributed by atoms with E-state index < -0.39 is 0 Å². The molecule has 0 amide bonds. The van der Waals surface area contributed by atoms with Gasteiger partial charge in [0.2, 0.25) is 0 Å². The molecule has 0 saturated carbocycles. The molecule has 0 fully saturated rings. The Hall–Kier alpha value is -2.71. The molecule has 0 aliphatic carbocycles. The van der Waals surface area contributed by atoms with Crippen LogP contribution in [0.3, 0.4) is 0 Å². The maximum atomic E-state index is 7.50. The SMILES string of the molecule is C[N+](C)(C)C.[C-]#[O+].[C-]#[O+].[C-]#[O+].[C-]#[O+].[Cr+5].c1ccc(N=NNc2ccccc2)cc1. The van der Waals surface area contributed by atoms with Crippen LogP contribution in [0, 0.1) is 26.6 Å². The van der Waals surface area contributed by atoms with Crippen LogP contribution in [0.2, 0.25) is 0 Å². The molecule has 0 atom stereocenters. The topological polar surface area (TPSA) is 116 Å². The van der Waals surface area contributed by atoms with E-state index in [2.05, 4.69) is 70.6 Å². The second kappa shape index (κ2) is 30.0. The van der Waals surface area contributed by atoms with Crippen molar-refractivity contribution >= 4 is 11.4 Å². The number of rotatable bonds is 3. The first-order valence-electron chi connectivity index (χ1n) is 7.32. The molecule has 0 aliphatic heterocycles. The Bertz CT molecular complexity index is 650. The molecule has 2 aromatic carbocycles. The molecular formula is C20H23CrN4O4+6. The normalized spacial score (nSPS) is 7.72. The summed E-state index contributed by atoms with van der Waals surface area (Å²) in [5.74, 6) is 0. The number of hydrogen-bond donors (Lipinski definition) is 1. The van der Waals surface area contributed by atoms with Crippen molar-refractivity contribution < 1.29 is 40.5 Å². The third-order valence-electron chi connectivity index (χ3n) is 1.87. The van der Waals surface area contributed by atoms with Crippen LogP contribution in [0.5, 0.6) is 0 Å². The molecule has 1 radical (unpaired) electrons. The van der Waals surface area contributed by atoms with E-state index in [1.807, 2.05) is 60.7 Å². The Morgan fingerprint density at radius 1 is 0.655 bits per heavy atom. The molecule has 0 spiro atoms. The van der Waals surface area contributed by atoms with E-state index in [9.17, 15) is 0 Å². The fraction of sp³-hybridized carbons (Fsp3) is 0.200. The Kier molecular flexibility index (Phi) is 38.4. The van der Waals surface area contributed by atoms with Crippen LogP contribution in [-0.2, 0) is 36.0 Å². The van der Waals surface area contributed by atoms with Crippen molar-refractivity contribution in [3.63, 3.8) is 0 Å². The third-order valence-corrected chi connectivity index (χ3v) is 1.87. The second-order valence-corrected chi connectivity index (χ2v) is 5.70. The van der Waals surface area contributed by atoms with Gasteiger partial charge in [-0.2, -0.15) is 0 Å². The number of nitrogens with zero attached hydrogens (tertiary/aromatic N) is 3. The van der Waals surface area contributed by atoms with E-state index in [1.165, 1.54) is 0 Å². The van der Waals surface area contributed by atoms with Gasteiger partial charge in [-0.05, 0) is 24.3 Å². The number of para-hydroxylation sites is 1. The molecule has 0 heterocycles. The van der Waals surface area contributed by atoms with Gasteiger partial charge in [0.15, 0.2) is 0 Å². The Balaban J connectivity index is -0.000000117. The van der Waals surface area contributed by atoms with Gasteiger partial charge in [-0.25, -0.2) is 0 Å². The summed E-state index contributed by atoms with van der Waals surface area (Å²) in [6.07, 6.45) is 0. The van der Waals surface area contributed by atoms with E-state index >= 15 is 0 Å². The Morgan fingerprint density at radius 2 is 0.966 bits per heavy atom. The summed E-state index contributed by atoms with van der Waals surface area (Å²) in [5, 5.41) is 7.90. The number of hydrogen-bond acceptors (Lipinski definition) is 2. The van der Waals surface area contributed by atoms with E-state index in [0.29, 0.717) is 0 Å². The number of anilines is 1. The average Bonchev–Trinajstić information content (AvgIpc) is 2.74. The molecule has 29 heavy (non-hydrogen) atoms. The summed E-state index contributed by atoms with van der Waals surface area (Å²) in [7, 11) is 8.50. The summed E-state index contributed by atoms with van der Waals surface area (Å²) >= 11 is 0. The Morgan fingerprint density at radius 3 is 1.31 bits per heavy atom. The fourth-order valence-corrected chi connectivity index (χ4v) is 1.15. The van der Waals surface area contributed by atoms with E-state index in [-0.39, 0.29) is 17.4 Å². The van der Waals surface area contributed by atoms with Gasteiger partial charge in [-0.1, -0.05) is 41.6 Å². The van der Waals surface area contributed by atoms with Crippen molar-refractivity contribution in [3.8, 4) is 0 Å². The monoisotopic (exact) mass is 435 g/mol. The first kappa shape index (κ1) is 37.1. The standard InChI is InChI=1S/C12H11N3.C4H12N.4CO.Cr/c1-3-7-11(8-4-1)13-15-14-12-9-5-2-6-10-12;1-5(2,3)4;4*1-2;/h1-10H,(H,13,14);1-4H3;;;;;/q;+1;;;;;+5. The fourth-order valence-electron chi connectivity index (χ4n) is 1.15. The molecule has 8 nitrogen and oxygen atoms in total. The van der Waals surface area contributed by atoms with Gasteiger partial charge >= 0.3 is 62.6 Å². The molecule has 147 valence electrons. The van der Waals surface area contributed by atoms with Gasteiger partial charge < -0.3 is 4.48 Å². The number of nitrogens with one attached hydrogen (secondary N) is 1. The molecule has 0 unspecified atom stereocenters. The molecular weight excluding hydrogens is 412 g/mol. The van der Waals surface area contributed by atoms with Crippen LogP contribution in [-0.4, -0.2) is 32.7 Å². The van der Waals surface area contributed by atoms with Gasteiger partial charge in [-0.15, -0.1) is 5.11 Å². The zero-order valence-electron chi connectivity index (χ0n) is 16.7. The summed E-state index contributed by atoms with van der Waals surface area (Å²) < 4.78 is 31.0. The first-order chi connectivity index (χ1) is 13.4. The quantitative estimate of drug-likeness (QED) is 0.254. The molecule has 0 aromatic heterocycles. The summed E-state index contributed by atoms with van der Waals surface area (Å²) in [6.45, 7) is 18.0. The third kappa shape index (κ3) is 36.9.